The van der Waals surface area contributed by atoms with Crippen LogP contribution in [0.3, 0.4) is 0 Å². The number of nitrogens with zero attached hydrogens (tertiary/aromatic N) is 4. The van der Waals surface area contributed by atoms with E-state index in [4.69, 9.17) is 46.1 Å². The smallest absolute Gasteiger partial charge is 0.406 e. The molecule has 15 nitrogen and oxygen atoms in total. The molecule has 1 fully saturated rings. The number of likely N-dealkylation sites (N-methyl/N-ethyl adjacent to an activating group) is 1. The van der Waals surface area contributed by atoms with E-state index in [1.807, 2.05) is 6.07 Å². The van der Waals surface area contributed by atoms with E-state index in [-0.39, 0.29) is 30.8 Å². The van der Waals surface area contributed by atoms with Crippen molar-refractivity contribution in [2.75, 3.05) is 104 Å². The maximum absolute atomic E-state index is 13.8. The van der Waals surface area contributed by atoms with Gasteiger partial charge in [-0.3, -0.25) is 10.8 Å². The minimum absolute atomic E-state index is 0.0704. The molecule has 1 saturated carbocycles. The molecule has 0 radical (unpaired) electrons. The fourth-order valence-electron chi connectivity index (χ4n) is 7.37. The number of unbranched alkanes of at least 4 members (excludes halogenated alkanes) is 2. The molecule has 0 spiro atoms. The van der Waals surface area contributed by atoms with Crippen LogP contribution in [-0.2, 0) is 25.5 Å². The van der Waals surface area contributed by atoms with Gasteiger partial charge in [0.05, 0.1) is 63.9 Å². The zero-order valence-corrected chi connectivity index (χ0v) is 37.6. The molecule has 8 N–H and O–H groups in total. The highest BCUT2D eigenvalue weighted by molar-refractivity contribution is 6.05. The molecule has 0 saturated heterocycles. The van der Waals surface area contributed by atoms with E-state index in [2.05, 4.69) is 48.4 Å². The Morgan fingerprint density at radius 2 is 1.56 bits per heavy atom. The van der Waals surface area contributed by atoms with Crippen molar-refractivity contribution in [3.63, 3.8) is 0 Å². The van der Waals surface area contributed by atoms with Gasteiger partial charge in [0.2, 0.25) is 11.8 Å². The van der Waals surface area contributed by atoms with E-state index >= 15 is 0 Å². The Balaban J connectivity index is 1.14. The van der Waals surface area contributed by atoms with Gasteiger partial charge in [-0.2, -0.15) is 13.2 Å². The monoisotopic (exact) mass is 889 g/mol. The predicted octanol–water partition coefficient (Wildman–Crippen LogP) is 6.84. The lowest BCUT2D eigenvalue weighted by atomic mass is 9.90. The van der Waals surface area contributed by atoms with Crippen LogP contribution in [0.15, 0.2) is 60.4 Å². The van der Waals surface area contributed by atoms with Crippen molar-refractivity contribution >= 4 is 34.1 Å². The number of anilines is 2. The van der Waals surface area contributed by atoms with E-state index in [0.717, 1.165) is 49.9 Å². The Morgan fingerprint density at radius 1 is 0.889 bits per heavy atom. The molecule has 1 aliphatic carbocycles. The second-order valence-corrected chi connectivity index (χ2v) is 16.0. The van der Waals surface area contributed by atoms with Crippen LogP contribution in [0.5, 0.6) is 5.75 Å². The highest BCUT2D eigenvalue weighted by atomic mass is 19.4. The molecular formula is C45H71F3N10O5. The third-order valence-electron chi connectivity index (χ3n) is 10.9. The Kier molecular flexibility index (Phi) is 21.8. The van der Waals surface area contributed by atoms with Gasteiger partial charge in [0.1, 0.15) is 24.6 Å². The molecule has 1 aromatic heterocycles. The van der Waals surface area contributed by atoms with Crippen molar-refractivity contribution in [3.8, 4) is 5.75 Å². The average Bonchev–Trinajstić information content (AvgIpc) is 3.61. The highest BCUT2D eigenvalue weighted by Crippen LogP contribution is 2.33. The standard InChI is InChI=1S/C45H71F3N10O5/c1-5-7-8-20-56(6-2)21-23-59-25-27-61-28-26-60-24-22-57(52)31-34(49)32-62-38-18-14-35(15-19-38)53-30-43(50)63-44(51)42-29-39-40(54-36-12-16-37(17-13-36)55(3)4)10-9-11-41(39)58(42)33-45(46,47)48/h9-11,14-15,18-19,29,31,36-37,50-51,53-54H,5-8,12-13,16-17,20-28,30,32-33,49,52H2,1-4H3/b34-31-,50-43?,51-44?. The number of rotatable bonds is 29. The molecule has 63 heavy (non-hydrogen) atoms. The molecule has 18 heteroatoms. The number of nitrogens with one attached hydrogen (secondary N) is 4. The number of ether oxygens (including phenoxy) is 5. The SMILES string of the molecule is CCCCCN(CC)CCOCCOCCOCCN(N)/C=C(\N)COc1ccc(NCC(=N)OC(=N)c2cc3c(NC4CCC(N(C)C)CC4)cccc3n2CC(F)(F)F)cc1. The summed E-state index contributed by atoms with van der Waals surface area (Å²) in [6.07, 6.45) is 4.70. The first kappa shape index (κ1) is 51.0. The molecule has 3 aromatic rings. The first-order valence-corrected chi connectivity index (χ1v) is 22.1. The summed E-state index contributed by atoms with van der Waals surface area (Å²) in [7, 11) is 4.15. The van der Waals surface area contributed by atoms with Crippen LogP contribution in [0, 0.1) is 10.8 Å². The largest absolute Gasteiger partial charge is 0.487 e. The topological polar surface area (TPSA) is 185 Å². The van der Waals surface area contributed by atoms with Crippen molar-refractivity contribution in [2.24, 2.45) is 11.6 Å². The van der Waals surface area contributed by atoms with Gasteiger partial charge in [-0.25, -0.2) is 5.84 Å². The molecule has 0 atom stereocenters. The summed E-state index contributed by atoms with van der Waals surface area (Å²) in [5.41, 5.74) is 8.12. The van der Waals surface area contributed by atoms with Crippen molar-refractivity contribution < 1.29 is 36.9 Å². The number of fused-ring (bicyclic) bond motifs is 1. The summed E-state index contributed by atoms with van der Waals surface area (Å²) in [5.74, 6) is 5.69. The Labute approximate surface area is 371 Å². The van der Waals surface area contributed by atoms with Crippen LogP contribution in [-0.4, -0.2) is 142 Å². The van der Waals surface area contributed by atoms with E-state index in [0.29, 0.717) is 86.0 Å². The number of halogens is 3. The van der Waals surface area contributed by atoms with E-state index in [1.54, 1.807) is 42.6 Å². The van der Waals surface area contributed by atoms with Gasteiger partial charge in [0, 0.05) is 41.6 Å². The van der Waals surface area contributed by atoms with E-state index in [1.165, 1.54) is 30.3 Å². The number of nitrogens with two attached hydrogens (primary N) is 2. The average molecular weight is 889 g/mol. The number of alkyl halides is 3. The third kappa shape index (κ3) is 18.6. The molecule has 1 heterocycles. The first-order chi connectivity index (χ1) is 30.3. The summed E-state index contributed by atoms with van der Waals surface area (Å²) in [4.78, 5) is 4.64. The quantitative estimate of drug-likeness (QED) is 0.0141. The number of aromatic nitrogens is 1. The van der Waals surface area contributed by atoms with Crippen LogP contribution in [0.2, 0.25) is 0 Å². The van der Waals surface area contributed by atoms with E-state index < -0.39 is 18.6 Å². The van der Waals surface area contributed by atoms with Gasteiger partial charge in [-0.1, -0.05) is 32.8 Å². The maximum atomic E-state index is 13.8. The molecule has 352 valence electrons. The number of benzene rings is 2. The fourth-order valence-corrected chi connectivity index (χ4v) is 7.37. The fraction of sp³-hybridized carbons (Fsp3) is 0.600. The molecule has 0 aliphatic heterocycles. The lowest BCUT2D eigenvalue weighted by molar-refractivity contribution is -0.140. The summed E-state index contributed by atoms with van der Waals surface area (Å²) in [6.45, 7) is 9.65. The van der Waals surface area contributed by atoms with Crippen LogP contribution >= 0.6 is 0 Å². The Morgan fingerprint density at radius 3 is 2.19 bits per heavy atom. The molecular weight excluding hydrogens is 818 g/mol. The second-order valence-electron chi connectivity index (χ2n) is 16.0. The van der Waals surface area contributed by atoms with Crippen molar-refractivity contribution in [1.82, 2.24) is 19.4 Å². The second kappa shape index (κ2) is 26.9. The van der Waals surface area contributed by atoms with Crippen LogP contribution in [0.4, 0.5) is 24.5 Å². The minimum Gasteiger partial charge on any atom is -0.487 e. The Bertz CT molecular complexity index is 1830. The summed E-state index contributed by atoms with van der Waals surface area (Å²) in [5, 5.41) is 25.5. The summed E-state index contributed by atoms with van der Waals surface area (Å²) >= 11 is 0. The zero-order chi connectivity index (χ0) is 45.6. The highest BCUT2D eigenvalue weighted by Gasteiger charge is 2.32. The summed E-state index contributed by atoms with van der Waals surface area (Å²) in [6, 6.07) is 14.3. The van der Waals surface area contributed by atoms with Crippen LogP contribution in [0.25, 0.3) is 10.9 Å². The van der Waals surface area contributed by atoms with Crippen molar-refractivity contribution in [3.05, 3.63) is 66.1 Å². The van der Waals surface area contributed by atoms with Crippen molar-refractivity contribution in [1.29, 1.82) is 10.8 Å². The lowest BCUT2D eigenvalue weighted by Crippen LogP contribution is -2.36. The van der Waals surface area contributed by atoms with Crippen LogP contribution in [0.1, 0.15) is 64.5 Å². The number of hydrogen-bond donors (Lipinski definition) is 6. The van der Waals surface area contributed by atoms with Gasteiger partial charge in [-0.15, -0.1) is 0 Å². The van der Waals surface area contributed by atoms with E-state index in [9.17, 15) is 13.2 Å². The van der Waals surface area contributed by atoms with Crippen molar-refractivity contribution in [2.45, 2.75) is 83.6 Å². The zero-order valence-electron chi connectivity index (χ0n) is 37.6. The van der Waals surface area contributed by atoms with Gasteiger partial charge >= 0.3 is 6.18 Å². The van der Waals surface area contributed by atoms with Gasteiger partial charge in [-0.05, 0) is 102 Å². The van der Waals surface area contributed by atoms with Gasteiger partial charge in [0.15, 0.2) is 0 Å². The molecule has 0 bridgehead atoms. The Hall–Kier alpha value is -4.59. The molecule has 0 amide bonds. The third-order valence-corrected chi connectivity index (χ3v) is 10.9. The predicted molar refractivity (Wildman–Crippen MR) is 245 cm³/mol. The first-order valence-electron chi connectivity index (χ1n) is 22.1. The normalized spacial score (nSPS) is 15.9. The minimum atomic E-state index is -4.54. The maximum Gasteiger partial charge on any atom is 0.406 e. The molecule has 2 aromatic carbocycles. The number of hydrazine groups is 1. The molecule has 1 aliphatic rings. The van der Waals surface area contributed by atoms with Gasteiger partial charge in [0.25, 0.3) is 0 Å². The van der Waals surface area contributed by atoms with Gasteiger partial charge < -0.3 is 59.4 Å². The lowest BCUT2D eigenvalue weighted by Gasteiger charge is -2.33. The molecule has 4 rings (SSSR count). The molecule has 0 unspecified atom stereocenters. The number of hydrogen-bond acceptors (Lipinski definition) is 14. The summed E-state index contributed by atoms with van der Waals surface area (Å²) < 4.78 is 70.6. The van der Waals surface area contributed by atoms with Crippen LogP contribution < -0.4 is 26.9 Å².